The Morgan fingerprint density at radius 1 is 1.37 bits per heavy atom. The van der Waals surface area contributed by atoms with Gasteiger partial charge in [0, 0.05) is 19.5 Å². The third kappa shape index (κ3) is 3.17. The number of carbonyl (C=O) groups excluding carboxylic acids is 2. The molecule has 2 aliphatic rings. The van der Waals surface area contributed by atoms with Gasteiger partial charge in [-0.15, -0.1) is 0 Å². The van der Waals surface area contributed by atoms with Crippen molar-refractivity contribution in [3.8, 4) is 0 Å². The standard InChI is InChI=1S/C15H24N2O2/c1-3-15(2)14(19)17(11-9-13(18)16-15)10-8-12-6-4-5-7-12/h6H,3-5,7-11H2,1-2H3,(H,16,18). The van der Waals surface area contributed by atoms with Crippen LogP contribution in [-0.4, -0.2) is 35.3 Å². The fourth-order valence-corrected chi connectivity index (χ4v) is 2.81. The summed E-state index contributed by atoms with van der Waals surface area (Å²) in [6, 6.07) is 0. The number of amides is 2. The zero-order valence-corrected chi connectivity index (χ0v) is 12.0. The summed E-state index contributed by atoms with van der Waals surface area (Å²) < 4.78 is 0. The van der Waals surface area contributed by atoms with E-state index in [2.05, 4.69) is 11.4 Å². The fourth-order valence-electron chi connectivity index (χ4n) is 2.81. The Kier molecular flexibility index (Phi) is 4.27. The van der Waals surface area contributed by atoms with Crippen molar-refractivity contribution in [1.82, 2.24) is 10.2 Å². The Bertz CT molecular complexity index is 403. The van der Waals surface area contributed by atoms with E-state index in [9.17, 15) is 9.59 Å². The van der Waals surface area contributed by atoms with Crippen LogP contribution in [0.4, 0.5) is 0 Å². The Balaban J connectivity index is 2.01. The van der Waals surface area contributed by atoms with Gasteiger partial charge in [-0.3, -0.25) is 9.59 Å². The second-order valence-corrected chi connectivity index (χ2v) is 5.78. The van der Waals surface area contributed by atoms with Gasteiger partial charge < -0.3 is 10.2 Å². The van der Waals surface area contributed by atoms with Gasteiger partial charge in [0.05, 0.1) is 0 Å². The third-order valence-electron chi connectivity index (χ3n) is 4.33. The first-order valence-corrected chi connectivity index (χ1v) is 7.33. The quantitative estimate of drug-likeness (QED) is 0.790. The number of hydrogen-bond donors (Lipinski definition) is 1. The number of allylic oxidation sites excluding steroid dienone is 1. The first-order chi connectivity index (χ1) is 9.05. The van der Waals surface area contributed by atoms with Crippen molar-refractivity contribution >= 4 is 11.8 Å². The SMILES string of the molecule is CCC1(C)NC(=O)CCN(CCC2=CCCC2)C1=O. The van der Waals surface area contributed by atoms with Gasteiger partial charge >= 0.3 is 0 Å². The maximum atomic E-state index is 12.5. The minimum Gasteiger partial charge on any atom is -0.342 e. The number of nitrogens with one attached hydrogen (secondary N) is 1. The molecule has 0 aromatic heterocycles. The highest BCUT2D eigenvalue weighted by atomic mass is 16.2. The zero-order valence-electron chi connectivity index (χ0n) is 12.0. The average molecular weight is 264 g/mol. The predicted molar refractivity (Wildman–Crippen MR) is 74.6 cm³/mol. The van der Waals surface area contributed by atoms with E-state index in [4.69, 9.17) is 0 Å². The summed E-state index contributed by atoms with van der Waals surface area (Å²) in [6.07, 6.45) is 7.90. The van der Waals surface area contributed by atoms with Crippen LogP contribution >= 0.6 is 0 Å². The minimum absolute atomic E-state index is 0.0136. The smallest absolute Gasteiger partial charge is 0.248 e. The van der Waals surface area contributed by atoms with Gasteiger partial charge in [-0.2, -0.15) is 0 Å². The molecule has 4 heteroatoms. The van der Waals surface area contributed by atoms with Crippen LogP contribution in [0.1, 0.15) is 52.4 Å². The van der Waals surface area contributed by atoms with Gasteiger partial charge in [0.2, 0.25) is 11.8 Å². The number of hydrogen-bond acceptors (Lipinski definition) is 2. The highest BCUT2D eigenvalue weighted by Gasteiger charge is 2.38. The van der Waals surface area contributed by atoms with Crippen molar-refractivity contribution < 1.29 is 9.59 Å². The van der Waals surface area contributed by atoms with Gasteiger partial charge in [-0.25, -0.2) is 0 Å². The molecule has 0 saturated carbocycles. The summed E-state index contributed by atoms with van der Waals surface area (Å²) in [5, 5.41) is 2.87. The van der Waals surface area contributed by atoms with Crippen LogP contribution in [-0.2, 0) is 9.59 Å². The summed E-state index contributed by atoms with van der Waals surface area (Å²) >= 11 is 0. The van der Waals surface area contributed by atoms with Crippen LogP contribution in [0.5, 0.6) is 0 Å². The van der Waals surface area contributed by atoms with E-state index < -0.39 is 5.54 Å². The van der Waals surface area contributed by atoms with E-state index in [1.807, 2.05) is 18.7 Å². The normalized spacial score (nSPS) is 28.1. The van der Waals surface area contributed by atoms with Crippen LogP contribution < -0.4 is 5.32 Å². The van der Waals surface area contributed by atoms with Crippen LogP contribution in [0.3, 0.4) is 0 Å². The Labute approximate surface area is 115 Å². The molecule has 0 radical (unpaired) electrons. The number of carbonyl (C=O) groups is 2. The zero-order chi connectivity index (χ0) is 13.9. The van der Waals surface area contributed by atoms with E-state index in [1.54, 1.807) is 0 Å². The van der Waals surface area contributed by atoms with Crippen molar-refractivity contribution in [3.63, 3.8) is 0 Å². The molecule has 106 valence electrons. The maximum absolute atomic E-state index is 12.5. The molecule has 0 bridgehead atoms. The molecule has 0 aromatic rings. The van der Waals surface area contributed by atoms with Gasteiger partial charge in [0.15, 0.2) is 0 Å². The molecule has 4 nitrogen and oxygen atoms in total. The Hall–Kier alpha value is -1.32. The molecule has 2 amide bonds. The Morgan fingerprint density at radius 2 is 2.16 bits per heavy atom. The van der Waals surface area contributed by atoms with E-state index >= 15 is 0 Å². The Morgan fingerprint density at radius 3 is 2.79 bits per heavy atom. The molecule has 1 unspecified atom stereocenters. The van der Waals surface area contributed by atoms with Gasteiger partial charge in [-0.05, 0) is 39.0 Å². The lowest BCUT2D eigenvalue weighted by Crippen LogP contribution is -2.54. The van der Waals surface area contributed by atoms with Gasteiger partial charge in [0.25, 0.3) is 0 Å². The van der Waals surface area contributed by atoms with Gasteiger partial charge in [0.1, 0.15) is 5.54 Å². The number of nitrogens with zero attached hydrogens (tertiary/aromatic N) is 1. The molecule has 2 rings (SSSR count). The summed E-state index contributed by atoms with van der Waals surface area (Å²) in [4.78, 5) is 26.1. The van der Waals surface area contributed by atoms with Crippen LogP contribution in [0.15, 0.2) is 11.6 Å². The summed E-state index contributed by atoms with van der Waals surface area (Å²) in [5.74, 6) is 0.0553. The monoisotopic (exact) mass is 264 g/mol. The molecular weight excluding hydrogens is 240 g/mol. The molecule has 1 saturated heterocycles. The molecule has 1 aliphatic heterocycles. The fraction of sp³-hybridized carbons (Fsp3) is 0.733. The third-order valence-corrected chi connectivity index (χ3v) is 4.33. The number of rotatable bonds is 4. The van der Waals surface area contributed by atoms with E-state index in [0.717, 1.165) is 13.0 Å². The molecule has 1 fully saturated rings. The second-order valence-electron chi connectivity index (χ2n) is 5.78. The highest BCUT2D eigenvalue weighted by Crippen LogP contribution is 2.23. The first kappa shape index (κ1) is 14.1. The topological polar surface area (TPSA) is 49.4 Å². The lowest BCUT2D eigenvalue weighted by atomic mass is 9.97. The summed E-state index contributed by atoms with van der Waals surface area (Å²) in [6.45, 7) is 5.07. The van der Waals surface area contributed by atoms with E-state index in [-0.39, 0.29) is 11.8 Å². The van der Waals surface area contributed by atoms with Crippen molar-refractivity contribution in [3.05, 3.63) is 11.6 Å². The first-order valence-electron chi connectivity index (χ1n) is 7.33. The van der Waals surface area contributed by atoms with E-state index in [1.165, 1.54) is 24.8 Å². The largest absolute Gasteiger partial charge is 0.342 e. The summed E-state index contributed by atoms with van der Waals surface area (Å²) in [7, 11) is 0. The van der Waals surface area contributed by atoms with Crippen molar-refractivity contribution in [1.29, 1.82) is 0 Å². The molecule has 1 aliphatic carbocycles. The maximum Gasteiger partial charge on any atom is 0.248 e. The molecule has 1 atom stereocenters. The molecular formula is C15H24N2O2. The van der Waals surface area contributed by atoms with Crippen molar-refractivity contribution in [2.45, 2.75) is 57.9 Å². The summed E-state index contributed by atoms with van der Waals surface area (Å²) in [5.41, 5.74) is 0.743. The highest BCUT2D eigenvalue weighted by molar-refractivity contribution is 5.93. The van der Waals surface area contributed by atoms with E-state index in [0.29, 0.717) is 19.4 Å². The average Bonchev–Trinajstić information content (AvgIpc) is 2.87. The lowest BCUT2D eigenvalue weighted by Gasteiger charge is -2.31. The van der Waals surface area contributed by atoms with Gasteiger partial charge in [-0.1, -0.05) is 18.6 Å². The van der Waals surface area contributed by atoms with Crippen LogP contribution in [0.2, 0.25) is 0 Å². The molecule has 0 spiro atoms. The second kappa shape index (κ2) is 5.76. The van der Waals surface area contributed by atoms with Crippen molar-refractivity contribution in [2.24, 2.45) is 0 Å². The molecule has 1 heterocycles. The molecule has 0 aromatic carbocycles. The lowest BCUT2D eigenvalue weighted by molar-refractivity contribution is -0.138. The minimum atomic E-state index is -0.725. The predicted octanol–water partition coefficient (Wildman–Crippen LogP) is 2.00. The van der Waals surface area contributed by atoms with Crippen LogP contribution in [0, 0.1) is 0 Å². The molecule has 19 heavy (non-hydrogen) atoms. The van der Waals surface area contributed by atoms with Crippen LogP contribution in [0.25, 0.3) is 0 Å². The molecule has 1 N–H and O–H groups in total. The van der Waals surface area contributed by atoms with Crippen molar-refractivity contribution in [2.75, 3.05) is 13.1 Å².